The van der Waals surface area contributed by atoms with Crippen molar-refractivity contribution < 1.29 is 9.53 Å². The number of amides is 1. The fourth-order valence-electron chi connectivity index (χ4n) is 3.25. The van der Waals surface area contributed by atoms with Crippen LogP contribution in [0, 0.1) is 5.92 Å². The highest BCUT2D eigenvalue weighted by molar-refractivity contribution is 5.97. The summed E-state index contributed by atoms with van der Waals surface area (Å²) in [5.74, 6) is 1.47. The molecule has 0 saturated heterocycles. The lowest BCUT2D eigenvalue weighted by Gasteiger charge is -2.29. The largest absolute Gasteiger partial charge is 0.490 e. The van der Waals surface area contributed by atoms with Crippen LogP contribution in [0.1, 0.15) is 62.2 Å². The van der Waals surface area contributed by atoms with Crippen LogP contribution in [0.15, 0.2) is 24.3 Å². The van der Waals surface area contributed by atoms with Gasteiger partial charge < -0.3 is 10.1 Å². The minimum atomic E-state index is 0.0176. The molecule has 2 fully saturated rings. The first-order valence-corrected chi connectivity index (χ1v) is 8.29. The molecule has 0 bridgehead atoms. The number of hydrogen-bond acceptors (Lipinski definition) is 2. The van der Waals surface area contributed by atoms with Crippen molar-refractivity contribution in [1.82, 2.24) is 5.32 Å². The predicted molar refractivity (Wildman–Crippen MR) is 83.6 cm³/mol. The van der Waals surface area contributed by atoms with Gasteiger partial charge >= 0.3 is 0 Å². The molecular formula is C18H25NO2. The summed E-state index contributed by atoms with van der Waals surface area (Å²) in [5, 5.41) is 3.20. The standard InChI is InChI=1S/C18H25NO2/c1-13-6-4-7-14(12-13)19-18(20)16-10-2-3-11-17(16)21-15-8-5-9-15/h2-3,10-11,13-15H,4-9,12H2,1H3,(H,19,20). The lowest BCUT2D eigenvalue weighted by atomic mass is 9.87. The molecule has 1 aromatic carbocycles. The molecule has 0 aliphatic heterocycles. The lowest BCUT2D eigenvalue weighted by Crippen LogP contribution is -2.38. The van der Waals surface area contributed by atoms with Gasteiger partial charge in [0.2, 0.25) is 0 Å². The third-order valence-electron chi connectivity index (χ3n) is 4.75. The van der Waals surface area contributed by atoms with E-state index in [1.807, 2.05) is 24.3 Å². The van der Waals surface area contributed by atoms with Crippen molar-refractivity contribution >= 4 is 5.91 Å². The van der Waals surface area contributed by atoms with Crippen molar-refractivity contribution in [3.05, 3.63) is 29.8 Å². The molecule has 1 N–H and O–H groups in total. The Morgan fingerprint density at radius 2 is 1.90 bits per heavy atom. The molecule has 3 nitrogen and oxygen atoms in total. The first-order valence-electron chi connectivity index (χ1n) is 8.29. The zero-order valence-electron chi connectivity index (χ0n) is 12.8. The Kier molecular flexibility index (Phi) is 4.47. The summed E-state index contributed by atoms with van der Waals surface area (Å²) in [4.78, 5) is 12.5. The van der Waals surface area contributed by atoms with Crippen LogP contribution in [0.25, 0.3) is 0 Å². The number of nitrogens with one attached hydrogen (secondary N) is 1. The maximum atomic E-state index is 12.5. The molecule has 1 aromatic rings. The van der Waals surface area contributed by atoms with Crippen molar-refractivity contribution in [2.45, 2.75) is 64.0 Å². The second-order valence-corrected chi connectivity index (χ2v) is 6.61. The van der Waals surface area contributed by atoms with E-state index < -0.39 is 0 Å². The third kappa shape index (κ3) is 3.58. The SMILES string of the molecule is CC1CCCC(NC(=O)c2ccccc2OC2CCC2)C1. The number of benzene rings is 1. The molecule has 0 aromatic heterocycles. The second kappa shape index (κ2) is 6.50. The van der Waals surface area contributed by atoms with Gasteiger partial charge in [0, 0.05) is 6.04 Å². The van der Waals surface area contributed by atoms with Gasteiger partial charge in [-0.05, 0) is 50.2 Å². The molecule has 114 valence electrons. The molecule has 0 radical (unpaired) electrons. The maximum Gasteiger partial charge on any atom is 0.255 e. The smallest absolute Gasteiger partial charge is 0.255 e. The van der Waals surface area contributed by atoms with E-state index in [1.165, 1.54) is 19.3 Å². The highest BCUT2D eigenvalue weighted by Crippen LogP contribution is 2.28. The van der Waals surface area contributed by atoms with Crippen molar-refractivity contribution in [1.29, 1.82) is 0 Å². The van der Waals surface area contributed by atoms with E-state index in [-0.39, 0.29) is 5.91 Å². The van der Waals surface area contributed by atoms with E-state index in [1.54, 1.807) is 0 Å². The van der Waals surface area contributed by atoms with E-state index in [2.05, 4.69) is 12.2 Å². The molecule has 2 atom stereocenters. The Morgan fingerprint density at radius 1 is 1.14 bits per heavy atom. The number of rotatable bonds is 4. The van der Waals surface area contributed by atoms with Crippen LogP contribution in [-0.2, 0) is 0 Å². The molecule has 1 amide bonds. The monoisotopic (exact) mass is 287 g/mol. The second-order valence-electron chi connectivity index (χ2n) is 6.61. The Labute approximate surface area is 127 Å². The van der Waals surface area contributed by atoms with Crippen molar-refractivity contribution in [2.75, 3.05) is 0 Å². The Hall–Kier alpha value is -1.51. The summed E-state index contributed by atoms with van der Waals surface area (Å²) in [6.07, 6.45) is 8.44. The molecule has 3 rings (SSSR count). The fourth-order valence-corrected chi connectivity index (χ4v) is 3.25. The van der Waals surface area contributed by atoms with Gasteiger partial charge in [-0.1, -0.05) is 31.9 Å². The van der Waals surface area contributed by atoms with E-state index in [4.69, 9.17) is 4.74 Å². The molecule has 21 heavy (non-hydrogen) atoms. The number of para-hydroxylation sites is 1. The summed E-state index contributed by atoms with van der Waals surface area (Å²) in [6, 6.07) is 7.95. The average molecular weight is 287 g/mol. The van der Waals surface area contributed by atoms with Gasteiger partial charge in [-0.15, -0.1) is 0 Å². The van der Waals surface area contributed by atoms with Crippen LogP contribution in [0.5, 0.6) is 5.75 Å². The highest BCUT2D eigenvalue weighted by atomic mass is 16.5. The minimum Gasteiger partial charge on any atom is -0.490 e. The van der Waals surface area contributed by atoms with Crippen molar-refractivity contribution in [3.63, 3.8) is 0 Å². The van der Waals surface area contributed by atoms with E-state index >= 15 is 0 Å². The highest BCUT2D eigenvalue weighted by Gasteiger charge is 2.24. The molecule has 2 unspecified atom stereocenters. The summed E-state index contributed by atoms with van der Waals surface area (Å²) >= 11 is 0. The van der Waals surface area contributed by atoms with Crippen LogP contribution in [-0.4, -0.2) is 18.1 Å². The maximum absolute atomic E-state index is 12.5. The van der Waals surface area contributed by atoms with Crippen LogP contribution in [0.2, 0.25) is 0 Å². The summed E-state index contributed by atoms with van der Waals surface area (Å²) < 4.78 is 5.95. The molecule has 3 heteroatoms. The molecule has 2 saturated carbocycles. The third-order valence-corrected chi connectivity index (χ3v) is 4.75. The number of carbonyl (C=O) groups excluding carboxylic acids is 1. The lowest BCUT2D eigenvalue weighted by molar-refractivity contribution is 0.0898. The van der Waals surface area contributed by atoms with Gasteiger partial charge in [0.15, 0.2) is 0 Å². The molecule has 2 aliphatic rings. The topological polar surface area (TPSA) is 38.3 Å². The summed E-state index contributed by atoms with van der Waals surface area (Å²) in [7, 11) is 0. The zero-order valence-corrected chi connectivity index (χ0v) is 12.8. The van der Waals surface area contributed by atoms with Gasteiger partial charge in [0.05, 0.1) is 11.7 Å². The quantitative estimate of drug-likeness (QED) is 0.911. The Morgan fingerprint density at radius 3 is 2.62 bits per heavy atom. The number of hydrogen-bond donors (Lipinski definition) is 1. The molecular weight excluding hydrogens is 262 g/mol. The van der Waals surface area contributed by atoms with Crippen LogP contribution >= 0.6 is 0 Å². The zero-order chi connectivity index (χ0) is 14.7. The normalized spacial score (nSPS) is 26.0. The number of carbonyl (C=O) groups is 1. The first kappa shape index (κ1) is 14.4. The molecule has 0 heterocycles. The van der Waals surface area contributed by atoms with Crippen LogP contribution in [0.4, 0.5) is 0 Å². The van der Waals surface area contributed by atoms with Gasteiger partial charge in [0.1, 0.15) is 5.75 Å². The van der Waals surface area contributed by atoms with Gasteiger partial charge in [-0.2, -0.15) is 0 Å². The average Bonchev–Trinajstić information content (AvgIpc) is 2.43. The van der Waals surface area contributed by atoms with Gasteiger partial charge in [0.25, 0.3) is 5.91 Å². The summed E-state index contributed by atoms with van der Waals surface area (Å²) in [5.41, 5.74) is 0.683. The number of ether oxygens (including phenoxy) is 1. The summed E-state index contributed by atoms with van der Waals surface area (Å²) in [6.45, 7) is 2.27. The Bertz CT molecular complexity index is 496. The van der Waals surface area contributed by atoms with Crippen molar-refractivity contribution in [3.8, 4) is 5.75 Å². The first-order chi connectivity index (χ1) is 10.2. The van der Waals surface area contributed by atoms with Crippen LogP contribution in [0.3, 0.4) is 0 Å². The van der Waals surface area contributed by atoms with Gasteiger partial charge in [-0.25, -0.2) is 0 Å². The Balaban J connectivity index is 1.65. The predicted octanol–water partition coefficient (Wildman–Crippen LogP) is 3.93. The minimum absolute atomic E-state index is 0.0176. The molecule has 2 aliphatic carbocycles. The van der Waals surface area contributed by atoms with E-state index in [0.717, 1.165) is 31.4 Å². The van der Waals surface area contributed by atoms with Crippen LogP contribution < -0.4 is 10.1 Å². The van der Waals surface area contributed by atoms with E-state index in [9.17, 15) is 4.79 Å². The van der Waals surface area contributed by atoms with E-state index in [0.29, 0.717) is 23.6 Å². The fraction of sp³-hybridized carbons (Fsp3) is 0.611. The molecule has 0 spiro atoms. The van der Waals surface area contributed by atoms with Gasteiger partial charge in [-0.3, -0.25) is 4.79 Å². The van der Waals surface area contributed by atoms with Crippen molar-refractivity contribution in [2.24, 2.45) is 5.92 Å².